The van der Waals surface area contributed by atoms with Crippen LogP contribution in [0.25, 0.3) is 0 Å². The molecule has 0 radical (unpaired) electrons. The van der Waals surface area contributed by atoms with Crippen molar-refractivity contribution >= 4 is 15.9 Å². The zero-order chi connectivity index (χ0) is 10.5. The molecule has 2 nitrogen and oxygen atoms in total. The van der Waals surface area contributed by atoms with Crippen LogP contribution in [0, 0.1) is 5.92 Å². The molecule has 1 unspecified atom stereocenters. The molecule has 15 heavy (non-hydrogen) atoms. The number of nitrogens with one attached hydrogen (secondary N) is 1. The Morgan fingerprint density at radius 2 is 2.27 bits per heavy atom. The first kappa shape index (κ1) is 11.1. The monoisotopic (exact) mass is 268 g/mol. The van der Waals surface area contributed by atoms with Gasteiger partial charge in [0.2, 0.25) is 0 Å². The fourth-order valence-electron chi connectivity index (χ4n) is 2.16. The molecule has 3 heteroatoms. The van der Waals surface area contributed by atoms with E-state index in [1.165, 1.54) is 38.0 Å². The maximum absolute atomic E-state index is 4.49. The van der Waals surface area contributed by atoms with Crippen LogP contribution in [0.2, 0.25) is 0 Å². The Morgan fingerprint density at radius 1 is 1.33 bits per heavy atom. The largest absolute Gasteiger partial charge is 0.317 e. The van der Waals surface area contributed by atoms with E-state index < -0.39 is 0 Å². The molecule has 0 spiro atoms. The van der Waals surface area contributed by atoms with Crippen LogP contribution >= 0.6 is 15.9 Å². The Kier molecular flexibility index (Phi) is 4.15. The quantitative estimate of drug-likeness (QED) is 0.835. The Labute approximate surface area is 99.6 Å². The summed E-state index contributed by atoms with van der Waals surface area (Å²) in [6.45, 7) is 2.35. The number of nitrogens with zero attached hydrogens (tertiary/aromatic N) is 1. The van der Waals surface area contributed by atoms with Crippen LogP contribution < -0.4 is 5.32 Å². The summed E-state index contributed by atoms with van der Waals surface area (Å²) in [4.78, 5) is 4.49. The van der Waals surface area contributed by atoms with Crippen molar-refractivity contribution in [1.29, 1.82) is 0 Å². The first-order valence-corrected chi connectivity index (χ1v) is 6.46. The van der Waals surface area contributed by atoms with Gasteiger partial charge in [0.25, 0.3) is 0 Å². The van der Waals surface area contributed by atoms with Crippen LogP contribution in [0.5, 0.6) is 0 Å². The molecule has 2 rings (SSSR count). The standard InChI is InChI=1S/C12H17BrN2/c13-12-5-1-4-11(15-12)9-10-3-2-7-14-8-6-10/h1,4-5,10,14H,2-3,6-9H2. The van der Waals surface area contributed by atoms with Gasteiger partial charge in [-0.1, -0.05) is 6.07 Å². The highest BCUT2D eigenvalue weighted by Gasteiger charge is 2.12. The van der Waals surface area contributed by atoms with E-state index in [4.69, 9.17) is 0 Å². The average molecular weight is 269 g/mol. The van der Waals surface area contributed by atoms with Gasteiger partial charge in [-0.3, -0.25) is 0 Å². The Morgan fingerprint density at radius 3 is 3.13 bits per heavy atom. The molecule has 1 saturated heterocycles. The lowest BCUT2D eigenvalue weighted by Gasteiger charge is -2.12. The van der Waals surface area contributed by atoms with E-state index in [1.54, 1.807) is 0 Å². The van der Waals surface area contributed by atoms with Crippen LogP contribution in [0.3, 0.4) is 0 Å². The van der Waals surface area contributed by atoms with Gasteiger partial charge in [-0.15, -0.1) is 0 Å². The van der Waals surface area contributed by atoms with Gasteiger partial charge in [0.05, 0.1) is 0 Å². The topological polar surface area (TPSA) is 24.9 Å². The molecule has 2 heterocycles. The van der Waals surface area contributed by atoms with Crippen molar-refractivity contribution in [2.24, 2.45) is 5.92 Å². The summed E-state index contributed by atoms with van der Waals surface area (Å²) in [7, 11) is 0. The van der Waals surface area contributed by atoms with Crippen molar-refractivity contribution in [1.82, 2.24) is 10.3 Å². The average Bonchev–Trinajstić information content (AvgIpc) is 2.46. The normalized spacial score (nSPS) is 22.3. The second-order valence-corrected chi connectivity index (χ2v) is 5.02. The molecule has 0 amide bonds. The summed E-state index contributed by atoms with van der Waals surface area (Å²) in [6.07, 6.45) is 5.05. The Bertz CT molecular complexity index is 306. The third-order valence-electron chi connectivity index (χ3n) is 2.97. The first-order chi connectivity index (χ1) is 7.34. The van der Waals surface area contributed by atoms with E-state index in [0.717, 1.165) is 16.9 Å². The van der Waals surface area contributed by atoms with Crippen molar-refractivity contribution in [3.63, 3.8) is 0 Å². The Balaban J connectivity index is 1.95. The maximum Gasteiger partial charge on any atom is 0.106 e. The van der Waals surface area contributed by atoms with Gasteiger partial charge in [0, 0.05) is 5.69 Å². The highest BCUT2D eigenvalue weighted by Crippen LogP contribution is 2.19. The highest BCUT2D eigenvalue weighted by molar-refractivity contribution is 9.10. The molecule has 0 bridgehead atoms. The molecule has 0 saturated carbocycles. The lowest BCUT2D eigenvalue weighted by atomic mass is 9.95. The smallest absolute Gasteiger partial charge is 0.106 e. The van der Waals surface area contributed by atoms with Crippen LogP contribution in [-0.4, -0.2) is 18.1 Å². The highest BCUT2D eigenvalue weighted by atomic mass is 79.9. The molecule has 1 atom stereocenters. The van der Waals surface area contributed by atoms with E-state index >= 15 is 0 Å². The molecule has 1 fully saturated rings. The minimum atomic E-state index is 0.807. The SMILES string of the molecule is Brc1cccc(CC2CCCNCC2)n1. The second-order valence-electron chi connectivity index (χ2n) is 4.20. The summed E-state index contributed by atoms with van der Waals surface area (Å²) in [5.41, 5.74) is 1.22. The lowest BCUT2D eigenvalue weighted by Crippen LogP contribution is -2.14. The molecule has 1 N–H and O–H groups in total. The maximum atomic E-state index is 4.49. The molecule has 1 aliphatic rings. The molecule has 1 aromatic rings. The predicted octanol–water partition coefficient (Wildman–Crippen LogP) is 2.78. The van der Waals surface area contributed by atoms with Gasteiger partial charge in [-0.25, -0.2) is 4.98 Å². The van der Waals surface area contributed by atoms with E-state index in [9.17, 15) is 0 Å². The summed E-state index contributed by atoms with van der Waals surface area (Å²) >= 11 is 3.42. The second kappa shape index (κ2) is 5.61. The number of hydrogen-bond donors (Lipinski definition) is 1. The van der Waals surface area contributed by atoms with Gasteiger partial charge in [-0.2, -0.15) is 0 Å². The van der Waals surface area contributed by atoms with Crippen molar-refractivity contribution in [3.05, 3.63) is 28.5 Å². The Hall–Kier alpha value is -0.410. The fraction of sp³-hybridized carbons (Fsp3) is 0.583. The first-order valence-electron chi connectivity index (χ1n) is 5.67. The molecule has 82 valence electrons. The molecular formula is C12H17BrN2. The number of pyridine rings is 1. The third kappa shape index (κ3) is 3.58. The lowest BCUT2D eigenvalue weighted by molar-refractivity contribution is 0.465. The van der Waals surface area contributed by atoms with Gasteiger partial charge >= 0.3 is 0 Å². The van der Waals surface area contributed by atoms with Crippen molar-refractivity contribution in [3.8, 4) is 0 Å². The molecule has 0 aliphatic carbocycles. The number of halogens is 1. The van der Waals surface area contributed by atoms with Crippen LogP contribution in [0.15, 0.2) is 22.8 Å². The summed E-state index contributed by atoms with van der Waals surface area (Å²) in [5.74, 6) is 0.807. The third-order valence-corrected chi connectivity index (χ3v) is 3.41. The van der Waals surface area contributed by atoms with Gasteiger partial charge in [-0.05, 0) is 72.8 Å². The molecule has 0 aromatic carbocycles. The number of rotatable bonds is 2. The zero-order valence-electron chi connectivity index (χ0n) is 8.88. The molecule has 1 aliphatic heterocycles. The van der Waals surface area contributed by atoms with Crippen LogP contribution in [-0.2, 0) is 6.42 Å². The minimum absolute atomic E-state index is 0.807. The van der Waals surface area contributed by atoms with Crippen molar-refractivity contribution in [2.45, 2.75) is 25.7 Å². The van der Waals surface area contributed by atoms with Gasteiger partial charge < -0.3 is 5.32 Å². The predicted molar refractivity (Wildman–Crippen MR) is 65.9 cm³/mol. The van der Waals surface area contributed by atoms with Crippen molar-refractivity contribution in [2.75, 3.05) is 13.1 Å². The van der Waals surface area contributed by atoms with Crippen LogP contribution in [0.1, 0.15) is 25.0 Å². The summed E-state index contributed by atoms with van der Waals surface area (Å²) < 4.78 is 0.951. The minimum Gasteiger partial charge on any atom is -0.317 e. The summed E-state index contributed by atoms with van der Waals surface area (Å²) in [6, 6.07) is 6.18. The van der Waals surface area contributed by atoms with Crippen molar-refractivity contribution < 1.29 is 0 Å². The van der Waals surface area contributed by atoms with Gasteiger partial charge in [0.1, 0.15) is 4.60 Å². The number of aromatic nitrogens is 1. The molecular weight excluding hydrogens is 252 g/mol. The van der Waals surface area contributed by atoms with E-state index in [2.05, 4.69) is 38.4 Å². The van der Waals surface area contributed by atoms with E-state index in [1.807, 2.05) is 6.07 Å². The van der Waals surface area contributed by atoms with Gasteiger partial charge in [0.15, 0.2) is 0 Å². The molecule has 1 aromatic heterocycles. The zero-order valence-corrected chi connectivity index (χ0v) is 10.5. The fourth-order valence-corrected chi connectivity index (χ4v) is 2.54. The number of hydrogen-bond acceptors (Lipinski definition) is 2. The van der Waals surface area contributed by atoms with E-state index in [-0.39, 0.29) is 0 Å². The van der Waals surface area contributed by atoms with Crippen LogP contribution in [0.4, 0.5) is 0 Å². The van der Waals surface area contributed by atoms with E-state index in [0.29, 0.717) is 0 Å². The summed E-state index contributed by atoms with van der Waals surface area (Å²) in [5, 5.41) is 3.44.